The highest BCUT2D eigenvalue weighted by molar-refractivity contribution is 7.87. The molecule has 0 bridgehead atoms. The molecule has 0 saturated carbocycles. The topological polar surface area (TPSA) is 94.1 Å². The maximum atomic E-state index is 12.5. The van der Waals surface area contributed by atoms with Crippen molar-refractivity contribution in [2.24, 2.45) is 5.10 Å². The number of nitrogens with zero attached hydrogens (tertiary/aromatic N) is 1. The molecule has 4 aromatic carbocycles. The van der Waals surface area contributed by atoms with Crippen LogP contribution < -0.4 is 14.3 Å². The van der Waals surface area contributed by atoms with Crippen LogP contribution in [-0.2, 0) is 16.7 Å². The fourth-order valence-corrected chi connectivity index (χ4v) is 4.06. The molecule has 1 N–H and O–H groups in total. The molecule has 0 aliphatic carbocycles. The Bertz CT molecular complexity index is 1410. The van der Waals surface area contributed by atoms with Crippen LogP contribution >= 0.6 is 0 Å². The fourth-order valence-electron chi connectivity index (χ4n) is 3.08. The van der Waals surface area contributed by atoms with Gasteiger partial charge in [0.1, 0.15) is 17.3 Å². The second kappa shape index (κ2) is 11.1. The number of ether oxygens (including phenoxy) is 1. The SMILES string of the molecule is O=C(N/N=C\c1ccccc1OS(=O)(=O)c1ccccc1)c1ccc(OCc2ccccc2)cc1. The largest absolute Gasteiger partial charge is 0.489 e. The van der Waals surface area contributed by atoms with Crippen molar-refractivity contribution in [1.29, 1.82) is 0 Å². The van der Waals surface area contributed by atoms with Crippen molar-refractivity contribution in [2.75, 3.05) is 0 Å². The van der Waals surface area contributed by atoms with Gasteiger partial charge in [-0.25, -0.2) is 5.43 Å². The summed E-state index contributed by atoms with van der Waals surface area (Å²) in [5.41, 5.74) is 4.26. The first-order valence-corrected chi connectivity index (χ1v) is 12.1. The summed E-state index contributed by atoms with van der Waals surface area (Å²) in [7, 11) is -4.01. The Balaban J connectivity index is 1.37. The normalized spacial score (nSPS) is 11.2. The van der Waals surface area contributed by atoms with Gasteiger partial charge in [0.2, 0.25) is 0 Å². The van der Waals surface area contributed by atoms with Crippen LogP contribution in [0.4, 0.5) is 0 Å². The van der Waals surface area contributed by atoms with E-state index in [2.05, 4.69) is 10.5 Å². The third-order valence-corrected chi connectivity index (χ3v) is 6.13. The lowest BCUT2D eigenvalue weighted by Crippen LogP contribution is -2.17. The van der Waals surface area contributed by atoms with E-state index in [1.165, 1.54) is 24.4 Å². The summed E-state index contributed by atoms with van der Waals surface area (Å²) in [6, 6.07) is 30.8. The number of hydrazone groups is 1. The lowest BCUT2D eigenvalue weighted by atomic mass is 10.2. The molecule has 0 radical (unpaired) electrons. The molecular formula is C27H22N2O5S. The molecule has 7 nitrogen and oxygen atoms in total. The minimum absolute atomic E-state index is 0.0382. The van der Waals surface area contributed by atoms with Gasteiger partial charge in [-0.2, -0.15) is 13.5 Å². The van der Waals surface area contributed by atoms with Gasteiger partial charge >= 0.3 is 10.1 Å². The number of carbonyl (C=O) groups is 1. The van der Waals surface area contributed by atoms with E-state index in [1.54, 1.807) is 60.7 Å². The first-order chi connectivity index (χ1) is 17.0. The van der Waals surface area contributed by atoms with E-state index in [-0.39, 0.29) is 10.6 Å². The zero-order valence-corrected chi connectivity index (χ0v) is 19.4. The molecule has 0 aromatic heterocycles. The maximum absolute atomic E-state index is 12.5. The number of benzene rings is 4. The van der Waals surface area contributed by atoms with E-state index >= 15 is 0 Å². The number of hydrogen-bond donors (Lipinski definition) is 1. The van der Waals surface area contributed by atoms with E-state index < -0.39 is 16.0 Å². The number of hydrogen-bond acceptors (Lipinski definition) is 6. The smallest absolute Gasteiger partial charge is 0.339 e. The second-order valence-corrected chi connectivity index (χ2v) is 8.93. The molecule has 0 unspecified atom stereocenters. The van der Waals surface area contributed by atoms with E-state index in [9.17, 15) is 13.2 Å². The minimum Gasteiger partial charge on any atom is -0.489 e. The molecule has 4 aromatic rings. The van der Waals surface area contributed by atoms with Gasteiger partial charge in [-0.15, -0.1) is 0 Å². The molecule has 0 spiro atoms. The zero-order valence-electron chi connectivity index (χ0n) is 18.6. The van der Waals surface area contributed by atoms with Crippen molar-refractivity contribution in [1.82, 2.24) is 5.43 Å². The Kier molecular flexibility index (Phi) is 7.54. The van der Waals surface area contributed by atoms with Crippen LogP contribution in [0.3, 0.4) is 0 Å². The minimum atomic E-state index is -4.01. The number of para-hydroxylation sites is 1. The summed E-state index contributed by atoms with van der Waals surface area (Å²) in [5, 5.41) is 3.95. The fraction of sp³-hybridized carbons (Fsp3) is 0.0370. The Morgan fingerprint density at radius 1 is 0.800 bits per heavy atom. The highest BCUT2D eigenvalue weighted by Gasteiger charge is 2.17. The third-order valence-electron chi connectivity index (χ3n) is 4.88. The van der Waals surface area contributed by atoms with Gasteiger partial charge in [0.15, 0.2) is 5.75 Å². The average molecular weight is 487 g/mol. The molecule has 0 saturated heterocycles. The van der Waals surface area contributed by atoms with E-state index in [0.717, 1.165) is 5.56 Å². The van der Waals surface area contributed by atoms with Crippen LogP contribution in [0.25, 0.3) is 0 Å². The van der Waals surface area contributed by atoms with E-state index in [1.807, 2.05) is 30.3 Å². The van der Waals surface area contributed by atoms with Gasteiger partial charge < -0.3 is 8.92 Å². The number of nitrogens with one attached hydrogen (secondary N) is 1. The molecule has 0 aliphatic heterocycles. The van der Waals surface area contributed by atoms with Crippen LogP contribution in [0.1, 0.15) is 21.5 Å². The first kappa shape index (κ1) is 23.7. The van der Waals surface area contributed by atoms with Crippen LogP contribution in [0.5, 0.6) is 11.5 Å². The van der Waals surface area contributed by atoms with Gasteiger partial charge in [-0.3, -0.25) is 4.79 Å². The van der Waals surface area contributed by atoms with Gasteiger partial charge in [0.25, 0.3) is 5.91 Å². The lowest BCUT2D eigenvalue weighted by Gasteiger charge is -2.09. The molecule has 1 amide bonds. The van der Waals surface area contributed by atoms with Crippen molar-refractivity contribution < 1.29 is 22.1 Å². The quantitative estimate of drug-likeness (QED) is 0.208. The van der Waals surface area contributed by atoms with Gasteiger partial charge in [-0.1, -0.05) is 60.7 Å². The summed E-state index contributed by atoms with van der Waals surface area (Å²) in [6.07, 6.45) is 1.32. The maximum Gasteiger partial charge on any atom is 0.339 e. The first-order valence-electron chi connectivity index (χ1n) is 10.7. The number of amides is 1. The summed E-state index contributed by atoms with van der Waals surface area (Å²) in [4.78, 5) is 12.5. The van der Waals surface area contributed by atoms with Crippen molar-refractivity contribution in [3.05, 3.63) is 126 Å². The summed E-state index contributed by atoms with van der Waals surface area (Å²) in [6.45, 7) is 0.429. The van der Waals surface area contributed by atoms with Crippen molar-refractivity contribution >= 4 is 22.2 Å². The van der Waals surface area contributed by atoms with Gasteiger partial charge in [0.05, 0.1) is 6.21 Å². The Hall–Kier alpha value is -4.43. The average Bonchev–Trinajstić information content (AvgIpc) is 2.89. The van der Waals surface area contributed by atoms with Crippen LogP contribution in [0.15, 0.2) is 119 Å². The second-order valence-electron chi connectivity index (χ2n) is 7.39. The standard InChI is InChI=1S/C27H22N2O5S/c30-27(22-15-17-24(18-16-22)33-20-21-9-3-1-4-10-21)29-28-19-23-11-7-8-14-26(23)34-35(31,32)25-12-5-2-6-13-25/h1-19H,20H2,(H,29,30)/b28-19-. The molecule has 4 rings (SSSR count). The third kappa shape index (κ3) is 6.55. The molecule has 0 atom stereocenters. The molecule has 0 fully saturated rings. The predicted molar refractivity (Wildman–Crippen MR) is 133 cm³/mol. The molecule has 35 heavy (non-hydrogen) atoms. The van der Waals surface area contributed by atoms with Crippen molar-refractivity contribution in [2.45, 2.75) is 11.5 Å². The number of rotatable bonds is 9. The molecule has 176 valence electrons. The summed E-state index contributed by atoms with van der Waals surface area (Å²) >= 11 is 0. The molecule has 0 heterocycles. The highest BCUT2D eigenvalue weighted by atomic mass is 32.2. The zero-order chi connectivity index (χ0) is 24.5. The molecule has 8 heteroatoms. The Labute approximate surface area is 203 Å². The molecular weight excluding hydrogens is 464 g/mol. The Morgan fingerprint density at radius 3 is 2.14 bits per heavy atom. The Morgan fingerprint density at radius 2 is 1.43 bits per heavy atom. The number of carbonyl (C=O) groups excluding carboxylic acids is 1. The van der Waals surface area contributed by atoms with E-state index in [4.69, 9.17) is 8.92 Å². The summed E-state index contributed by atoms with van der Waals surface area (Å²) in [5.74, 6) is 0.306. The molecule has 0 aliphatic rings. The van der Waals surface area contributed by atoms with Gasteiger partial charge in [0, 0.05) is 11.1 Å². The summed E-state index contributed by atoms with van der Waals surface area (Å²) < 4.78 is 36.1. The predicted octanol–water partition coefficient (Wildman–Crippen LogP) is 4.80. The van der Waals surface area contributed by atoms with E-state index in [0.29, 0.717) is 23.5 Å². The van der Waals surface area contributed by atoms with Gasteiger partial charge in [-0.05, 0) is 54.1 Å². The van der Waals surface area contributed by atoms with Crippen LogP contribution in [0.2, 0.25) is 0 Å². The van der Waals surface area contributed by atoms with Crippen molar-refractivity contribution in [3.8, 4) is 11.5 Å². The van der Waals surface area contributed by atoms with Crippen LogP contribution in [-0.4, -0.2) is 20.5 Å². The van der Waals surface area contributed by atoms with Crippen molar-refractivity contribution in [3.63, 3.8) is 0 Å². The monoisotopic (exact) mass is 486 g/mol. The van der Waals surface area contributed by atoms with Crippen LogP contribution in [0, 0.1) is 0 Å². The lowest BCUT2D eigenvalue weighted by molar-refractivity contribution is 0.0955. The highest BCUT2D eigenvalue weighted by Crippen LogP contribution is 2.22.